The van der Waals surface area contributed by atoms with Gasteiger partial charge in [0, 0.05) is 5.92 Å². The van der Waals surface area contributed by atoms with Crippen molar-refractivity contribution in [3.8, 4) is 11.1 Å². The van der Waals surface area contributed by atoms with E-state index < -0.39 is 0 Å². The van der Waals surface area contributed by atoms with E-state index in [-0.39, 0.29) is 61.8 Å². The molecule has 0 radical (unpaired) electrons. The average Bonchev–Trinajstić information content (AvgIpc) is 3.57. The van der Waals surface area contributed by atoms with Gasteiger partial charge in [-0.05, 0) is 39.5 Å². The molecule has 0 saturated heterocycles. The van der Waals surface area contributed by atoms with E-state index in [0.717, 1.165) is 6.42 Å². The number of hydrogen-bond acceptors (Lipinski definition) is 0. The van der Waals surface area contributed by atoms with E-state index >= 15 is 0 Å². The topological polar surface area (TPSA) is 0 Å². The van der Waals surface area contributed by atoms with Gasteiger partial charge in [0.25, 0.3) is 0 Å². The number of rotatable bonds is 3. The fraction of sp³-hybridized carbons (Fsp3) is 0.256. The number of hydrogen-bond donors (Lipinski definition) is 0. The quantitative estimate of drug-likeness (QED) is 0.247. The summed E-state index contributed by atoms with van der Waals surface area (Å²) < 4.78 is 0. The Bertz CT molecular complexity index is 1420. The molecule has 214 valence electrons. The minimum atomic E-state index is 0. The molecule has 0 aliphatic heterocycles. The van der Waals surface area contributed by atoms with Crippen LogP contribution in [0.25, 0.3) is 11.1 Å². The summed E-state index contributed by atoms with van der Waals surface area (Å²) in [6.07, 6.45) is 1.03. The Labute approximate surface area is 285 Å². The molecule has 0 saturated carbocycles. The van der Waals surface area contributed by atoms with Gasteiger partial charge in [0.1, 0.15) is 0 Å². The number of benzene rings is 4. The minimum absolute atomic E-state index is 0. The second kappa shape index (κ2) is 14.9. The normalized spacial score (nSPS) is 11.6. The standard InChI is InChI=1S/C21H25.C18H15.2ClH.Zr/c1-20(2,3)16-7-9-18-14(12-16)11-15-13-17(21(4,5)6)8-10-19(15)18;1-3-9-15(10-4-1)18(17-13-7-8-14-17)16-11-5-2-6-12-16;;;/h7-10,12H,11H2,1-6H3;1-14,18H;2*1H;/q2*-1;;;+4/p-2. The van der Waals surface area contributed by atoms with Crippen molar-refractivity contribution in [2.24, 2.45) is 0 Å². The Morgan fingerprint density at radius 3 is 1.71 bits per heavy atom. The van der Waals surface area contributed by atoms with Crippen LogP contribution in [0.3, 0.4) is 0 Å². The molecule has 0 spiro atoms. The van der Waals surface area contributed by atoms with Gasteiger partial charge >= 0.3 is 26.2 Å². The van der Waals surface area contributed by atoms with E-state index in [1.165, 1.54) is 50.1 Å². The third-order valence-electron chi connectivity index (χ3n) is 7.75. The summed E-state index contributed by atoms with van der Waals surface area (Å²) >= 11 is 0. The van der Waals surface area contributed by atoms with Crippen molar-refractivity contribution in [1.29, 1.82) is 0 Å². The molecule has 42 heavy (non-hydrogen) atoms. The fourth-order valence-corrected chi connectivity index (χ4v) is 5.48. The molecule has 0 bridgehead atoms. The van der Waals surface area contributed by atoms with Gasteiger partial charge in [-0.3, -0.25) is 0 Å². The molecule has 0 N–H and O–H groups in total. The zero-order valence-electron chi connectivity index (χ0n) is 25.5. The molecule has 5 aromatic rings. The molecule has 0 fully saturated rings. The zero-order chi connectivity index (χ0) is 27.6. The summed E-state index contributed by atoms with van der Waals surface area (Å²) in [4.78, 5) is 0. The van der Waals surface area contributed by atoms with Crippen LogP contribution < -0.4 is 24.8 Å². The molecule has 0 atom stereocenters. The summed E-state index contributed by atoms with van der Waals surface area (Å²) in [5.74, 6) is 0.336. The smallest absolute Gasteiger partial charge is 1.00 e. The molecule has 1 aliphatic rings. The third kappa shape index (κ3) is 8.20. The summed E-state index contributed by atoms with van der Waals surface area (Å²) in [6, 6.07) is 45.1. The first kappa shape index (κ1) is 35.9. The predicted octanol–water partition coefficient (Wildman–Crippen LogP) is 4.24. The van der Waals surface area contributed by atoms with Crippen LogP contribution in [0.1, 0.15) is 86.4 Å². The molecular formula is C39H40Cl2Zr. The van der Waals surface area contributed by atoms with E-state index in [1.807, 2.05) is 0 Å². The van der Waals surface area contributed by atoms with Gasteiger partial charge in [-0.15, -0.1) is 11.1 Å². The van der Waals surface area contributed by atoms with Crippen molar-refractivity contribution in [2.45, 2.75) is 64.7 Å². The van der Waals surface area contributed by atoms with E-state index in [4.69, 9.17) is 0 Å². The Morgan fingerprint density at radius 2 is 1.21 bits per heavy atom. The van der Waals surface area contributed by atoms with E-state index in [2.05, 4.69) is 163 Å². The van der Waals surface area contributed by atoms with Gasteiger partial charge in [0.15, 0.2) is 0 Å². The van der Waals surface area contributed by atoms with Crippen LogP contribution in [0, 0.1) is 6.07 Å². The van der Waals surface area contributed by atoms with Crippen molar-refractivity contribution in [3.05, 3.63) is 160 Å². The maximum Gasteiger partial charge on any atom is 4.00 e. The maximum absolute atomic E-state index is 3.67. The van der Waals surface area contributed by atoms with Crippen LogP contribution in [0.15, 0.2) is 115 Å². The second-order valence-electron chi connectivity index (χ2n) is 12.8. The van der Waals surface area contributed by atoms with Gasteiger partial charge in [0.2, 0.25) is 0 Å². The van der Waals surface area contributed by atoms with Crippen molar-refractivity contribution in [1.82, 2.24) is 0 Å². The van der Waals surface area contributed by atoms with Crippen molar-refractivity contribution < 1.29 is 51.0 Å². The molecule has 6 rings (SSSR count). The Kier molecular flexibility index (Phi) is 12.8. The molecule has 3 heteroatoms. The Morgan fingerprint density at radius 1 is 0.643 bits per heavy atom. The SMILES string of the molecule is CC(C)(C)c1[c-]c2c(cc1)-c1ccc(C(C)(C)C)cc1C2.[Cl-].[Cl-].[Zr+4].c1ccc(C(c2ccccc2)c2ccc[cH-]2)cc1. The molecule has 0 heterocycles. The van der Waals surface area contributed by atoms with Crippen LogP contribution in [-0.2, 0) is 43.5 Å². The van der Waals surface area contributed by atoms with Gasteiger partial charge in [0.05, 0.1) is 0 Å². The summed E-state index contributed by atoms with van der Waals surface area (Å²) in [7, 11) is 0. The van der Waals surface area contributed by atoms with Crippen LogP contribution in [0.4, 0.5) is 0 Å². The van der Waals surface area contributed by atoms with E-state index in [9.17, 15) is 0 Å². The molecule has 0 amide bonds. The molecule has 5 aromatic carbocycles. The summed E-state index contributed by atoms with van der Waals surface area (Å²) in [5, 5.41) is 0. The number of halogens is 2. The Hall–Kier alpha value is -2.31. The molecule has 0 unspecified atom stereocenters. The largest absolute Gasteiger partial charge is 4.00 e. The van der Waals surface area contributed by atoms with Crippen molar-refractivity contribution in [3.63, 3.8) is 0 Å². The van der Waals surface area contributed by atoms with Crippen molar-refractivity contribution in [2.75, 3.05) is 0 Å². The van der Waals surface area contributed by atoms with Gasteiger partial charge < -0.3 is 24.8 Å². The third-order valence-corrected chi connectivity index (χ3v) is 7.75. The number of fused-ring (bicyclic) bond motifs is 3. The zero-order valence-corrected chi connectivity index (χ0v) is 29.5. The maximum atomic E-state index is 3.67. The van der Waals surface area contributed by atoms with Crippen molar-refractivity contribution >= 4 is 0 Å². The molecule has 0 aromatic heterocycles. The van der Waals surface area contributed by atoms with Gasteiger partial charge in [-0.2, -0.15) is 41.5 Å². The van der Waals surface area contributed by atoms with E-state index in [1.54, 1.807) is 0 Å². The first-order valence-corrected chi connectivity index (χ1v) is 14.1. The van der Waals surface area contributed by atoms with Crippen LogP contribution in [0.5, 0.6) is 0 Å². The van der Waals surface area contributed by atoms with Gasteiger partial charge in [-0.1, -0.05) is 126 Å². The summed E-state index contributed by atoms with van der Waals surface area (Å²) in [6.45, 7) is 13.6. The summed E-state index contributed by atoms with van der Waals surface area (Å²) in [5.41, 5.74) is 12.7. The van der Waals surface area contributed by atoms with Gasteiger partial charge in [-0.25, -0.2) is 12.1 Å². The average molecular weight is 671 g/mol. The second-order valence-corrected chi connectivity index (χ2v) is 12.8. The predicted molar refractivity (Wildman–Crippen MR) is 167 cm³/mol. The van der Waals surface area contributed by atoms with Crippen LogP contribution in [-0.4, -0.2) is 0 Å². The first-order valence-electron chi connectivity index (χ1n) is 14.1. The Balaban J connectivity index is 0.000000276. The molecule has 1 aliphatic carbocycles. The fourth-order valence-electron chi connectivity index (χ4n) is 5.48. The van der Waals surface area contributed by atoms with Crippen LogP contribution in [0.2, 0.25) is 0 Å². The molecular weight excluding hydrogens is 631 g/mol. The minimum Gasteiger partial charge on any atom is -1.00 e. The molecule has 0 nitrogen and oxygen atoms in total. The van der Waals surface area contributed by atoms with Crippen LogP contribution >= 0.6 is 0 Å². The van der Waals surface area contributed by atoms with E-state index in [0.29, 0.717) is 5.92 Å². The monoisotopic (exact) mass is 668 g/mol. The first-order chi connectivity index (χ1) is 18.6.